The molecule has 2 rings (SSSR count). The maximum absolute atomic E-state index is 2.39. The van der Waals surface area contributed by atoms with Gasteiger partial charge in [-0.15, -0.1) is 11.8 Å². The van der Waals surface area contributed by atoms with Crippen molar-refractivity contribution in [2.45, 2.75) is 42.9 Å². The van der Waals surface area contributed by atoms with E-state index in [0.717, 1.165) is 5.25 Å². The predicted molar refractivity (Wildman–Crippen MR) is 60.1 cm³/mol. The Morgan fingerprint density at radius 2 is 1.92 bits per heavy atom. The Labute approximate surface area is 86.5 Å². The molecule has 2 fully saturated rings. The molecule has 1 nitrogen and oxygen atoms in total. The Balaban J connectivity index is 2.18. The molecular formula is C11H22NS+. The third kappa shape index (κ3) is 1.42. The van der Waals surface area contributed by atoms with Gasteiger partial charge in [-0.05, 0) is 12.8 Å². The van der Waals surface area contributed by atoms with Crippen LogP contribution in [0.3, 0.4) is 0 Å². The van der Waals surface area contributed by atoms with E-state index in [-0.39, 0.29) is 0 Å². The highest BCUT2D eigenvalue weighted by atomic mass is 32.2. The molecular weight excluding hydrogens is 178 g/mol. The third-order valence-corrected chi connectivity index (χ3v) is 5.79. The Morgan fingerprint density at radius 3 is 2.46 bits per heavy atom. The molecule has 0 unspecified atom stereocenters. The van der Waals surface area contributed by atoms with Gasteiger partial charge in [0.15, 0.2) is 0 Å². The lowest BCUT2D eigenvalue weighted by atomic mass is 9.87. The Bertz CT molecular complexity index is 197. The van der Waals surface area contributed by atoms with Crippen LogP contribution in [0.25, 0.3) is 0 Å². The molecule has 0 aromatic carbocycles. The molecule has 0 N–H and O–H groups in total. The van der Waals surface area contributed by atoms with Crippen LogP contribution in [0, 0.1) is 0 Å². The summed E-state index contributed by atoms with van der Waals surface area (Å²) in [5, 5.41) is 0.968. The average Bonchev–Trinajstić information content (AvgIpc) is 2.09. The SMILES string of the molecule is C[N+](C)(C)[C@]12CCCCC[C@@H]1SC2. The summed E-state index contributed by atoms with van der Waals surface area (Å²) in [4.78, 5) is 0. The first kappa shape index (κ1) is 9.85. The summed E-state index contributed by atoms with van der Waals surface area (Å²) in [5.41, 5.74) is 0.640. The summed E-state index contributed by atoms with van der Waals surface area (Å²) in [7, 11) is 7.16. The second-order valence-electron chi connectivity index (χ2n) is 5.52. The fourth-order valence-corrected chi connectivity index (χ4v) is 4.96. The number of quaternary nitrogens is 1. The molecule has 0 aromatic heterocycles. The standard InChI is InChI=1S/C11H22NS/c1-12(2,3)11-8-6-4-5-7-10(11)13-9-11/h10H,4-9H2,1-3H3/q+1/t10-,11-/m0/s1. The molecule has 76 valence electrons. The van der Waals surface area contributed by atoms with Crippen LogP contribution in [0.15, 0.2) is 0 Å². The second kappa shape index (κ2) is 3.16. The fraction of sp³-hybridized carbons (Fsp3) is 1.00. The quantitative estimate of drug-likeness (QED) is 0.586. The lowest BCUT2D eigenvalue weighted by Crippen LogP contribution is -2.69. The van der Waals surface area contributed by atoms with Crippen LogP contribution >= 0.6 is 11.8 Å². The van der Waals surface area contributed by atoms with E-state index in [0.29, 0.717) is 5.54 Å². The van der Waals surface area contributed by atoms with E-state index in [1.54, 1.807) is 0 Å². The van der Waals surface area contributed by atoms with E-state index in [2.05, 4.69) is 32.9 Å². The lowest BCUT2D eigenvalue weighted by Gasteiger charge is -2.56. The Kier molecular flexibility index (Phi) is 2.40. The van der Waals surface area contributed by atoms with Crippen LogP contribution < -0.4 is 0 Å². The zero-order valence-corrected chi connectivity index (χ0v) is 9.99. The van der Waals surface area contributed by atoms with Crippen LogP contribution in [0.4, 0.5) is 0 Å². The molecule has 13 heavy (non-hydrogen) atoms. The molecule has 2 heteroatoms. The first-order valence-corrected chi connectivity index (χ1v) is 6.54. The minimum absolute atomic E-state index is 0.640. The number of hydrogen-bond donors (Lipinski definition) is 0. The van der Waals surface area contributed by atoms with Gasteiger partial charge in [0.05, 0.1) is 32.1 Å². The van der Waals surface area contributed by atoms with Crippen molar-refractivity contribution in [3.8, 4) is 0 Å². The molecule has 0 bridgehead atoms. The highest BCUT2D eigenvalue weighted by Crippen LogP contribution is 2.51. The molecule has 1 saturated heterocycles. The summed E-state index contributed by atoms with van der Waals surface area (Å²) >= 11 is 2.21. The van der Waals surface area contributed by atoms with Gasteiger partial charge in [0.1, 0.15) is 5.54 Å². The van der Waals surface area contributed by atoms with Crippen LogP contribution in [-0.2, 0) is 0 Å². The number of fused-ring (bicyclic) bond motifs is 1. The van der Waals surface area contributed by atoms with Gasteiger partial charge in [-0.2, -0.15) is 0 Å². The maximum atomic E-state index is 2.39. The van der Waals surface area contributed by atoms with Crippen LogP contribution in [0.5, 0.6) is 0 Å². The highest BCUT2D eigenvalue weighted by Gasteiger charge is 2.56. The number of hydrogen-bond acceptors (Lipinski definition) is 1. The molecule has 1 aliphatic heterocycles. The van der Waals surface area contributed by atoms with Crippen LogP contribution in [0.1, 0.15) is 32.1 Å². The van der Waals surface area contributed by atoms with E-state index in [9.17, 15) is 0 Å². The maximum Gasteiger partial charge on any atom is 0.120 e. The lowest BCUT2D eigenvalue weighted by molar-refractivity contribution is -0.922. The van der Waals surface area contributed by atoms with Crippen molar-refractivity contribution < 1.29 is 4.48 Å². The monoisotopic (exact) mass is 200 g/mol. The van der Waals surface area contributed by atoms with E-state index in [4.69, 9.17) is 0 Å². The minimum atomic E-state index is 0.640. The van der Waals surface area contributed by atoms with Crippen LogP contribution in [-0.4, -0.2) is 42.2 Å². The molecule has 2 aliphatic rings. The molecule has 1 heterocycles. The zero-order valence-electron chi connectivity index (χ0n) is 9.18. The number of rotatable bonds is 1. The molecule has 0 spiro atoms. The van der Waals surface area contributed by atoms with Gasteiger partial charge in [0, 0.05) is 6.42 Å². The van der Waals surface area contributed by atoms with Gasteiger partial charge in [-0.25, -0.2) is 0 Å². The van der Waals surface area contributed by atoms with Gasteiger partial charge < -0.3 is 4.48 Å². The van der Waals surface area contributed by atoms with Crippen molar-refractivity contribution in [2.24, 2.45) is 0 Å². The fourth-order valence-electron chi connectivity index (χ4n) is 2.88. The topological polar surface area (TPSA) is 0 Å². The smallest absolute Gasteiger partial charge is 0.120 e. The first-order chi connectivity index (χ1) is 6.06. The van der Waals surface area contributed by atoms with Gasteiger partial charge >= 0.3 is 0 Å². The van der Waals surface area contributed by atoms with E-state index >= 15 is 0 Å². The van der Waals surface area contributed by atoms with Gasteiger partial charge in [0.2, 0.25) is 0 Å². The minimum Gasteiger partial charge on any atom is -0.324 e. The van der Waals surface area contributed by atoms with Crippen molar-refractivity contribution >= 4 is 11.8 Å². The number of nitrogens with zero attached hydrogens (tertiary/aromatic N) is 1. The van der Waals surface area contributed by atoms with Crippen molar-refractivity contribution in [2.75, 3.05) is 26.9 Å². The van der Waals surface area contributed by atoms with E-state index < -0.39 is 0 Å². The molecule has 0 aromatic rings. The van der Waals surface area contributed by atoms with Crippen molar-refractivity contribution in [3.63, 3.8) is 0 Å². The number of thioether (sulfide) groups is 1. The summed E-state index contributed by atoms with van der Waals surface area (Å²) in [6, 6.07) is 0. The molecule has 0 amide bonds. The molecule has 2 atom stereocenters. The molecule has 1 saturated carbocycles. The Morgan fingerprint density at radius 1 is 1.15 bits per heavy atom. The molecule has 0 radical (unpaired) electrons. The summed E-state index contributed by atoms with van der Waals surface area (Å²) in [6.45, 7) is 0. The summed E-state index contributed by atoms with van der Waals surface area (Å²) in [5.74, 6) is 1.40. The zero-order chi connectivity index (χ0) is 9.53. The highest BCUT2D eigenvalue weighted by molar-refractivity contribution is 8.01. The first-order valence-electron chi connectivity index (χ1n) is 5.49. The predicted octanol–water partition coefficient (Wildman–Crippen LogP) is 2.51. The molecule has 1 aliphatic carbocycles. The van der Waals surface area contributed by atoms with E-state index in [1.165, 1.54) is 42.3 Å². The summed E-state index contributed by atoms with van der Waals surface area (Å²) in [6.07, 6.45) is 7.35. The second-order valence-corrected chi connectivity index (χ2v) is 6.71. The van der Waals surface area contributed by atoms with Gasteiger partial charge in [-0.3, -0.25) is 0 Å². The summed E-state index contributed by atoms with van der Waals surface area (Å²) < 4.78 is 1.19. The van der Waals surface area contributed by atoms with Gasteiger partial charge in [-0.1, -0.05) is 12.8 Å². The van der Waals surface area contributed by atoms with Crippen LogP contribution in [0.2, 0.25) is 0 Å². The van der Waals surface area contributed by atoms with Crippen molar-refractivity contribution in [1.29, 1.82) is 0 Å². The van der Waals surface area contributed by atoms with Gasteiger partial charge in [0.25, 0.3) is 0 Å². The van der Waals surface area contributed by atoms with Crippen molar-refractivity contribution in [3.05, 3.63) is 0 Å². The third-order valence-electron chi connectivity index (χ3n) is 4.05. The normalized spacial score (nSPS) is 40.4. The van der Waals surface area contributed by atoms with Crippen molar-refractivity contribution in [1.82, 2.24) is 0 Å². The largest absolute Gasteiger partial charge is 0.324 e. The average molecular weight is 200 g/mol. The Hall–Kier alpha value is 0.310. The van der Waals surface area contributed by atoms with E-state index in [1.807, 2.05) is 0 Å².